The predicted octanol–water partition coefficient (Wildman–Crippen LogP) is 1.07. The number of aromatic nitrogens is 2. The number of carbonyl (C=O) groups excluding carboxylic acids is 2. The third kappa shape index (κ3) is 4.91. The zero-order chi connectivity index (χ0) is 16.7. The molecule has 7 nitrogen and oxygen atoms in total. The van der Waals surface area contributed by atoms with Gasteiger partial charge in [0.1, 0.15) is 17.8 Å². The topological polar surface area (TPSA) is 78.4 Å². The molecule has 0 saturated carbocycles. The van der Waals surface area contributed by atoms with E-state index in [1.165, 1.54) is 6.33 Å². The van der Waals surface area contributed by atoms with E-state index in [2.05, 4.69) is 27.1 Å². The fourth-order valence-electron chi connectivity index (χ4n) is 2.56. The van der Waals surface area contributed by atoms with Gasteiger partial charge in [-0.2, -0.15) is 0 Å². The molecule has 0 radical (unpaired) electrons. The quantitative estimate of drug-likeness (QED) is 0.793. The minimum Gasteiger partial charge on any atom is -0.353 e. The Morgan fingerprint density at radius 1 is 1.17 bits per heavy atom. The zero-order valence-electron chi connectivity index (χ0n) is 13.9. The third-order valence-electron chi connectivity index (χ3n) is 4.00. The molecule has 0 aromatic carbocycles. The van der Waals surface area contributed by atoms with Gasteiger partial charge in [-0.1, -0.05) is 19.8 Å². The van der Waals surface area contributed by atoms with Crippen LogP contribution in [0.25, 0.3) is 0 Å². The Morgan fingerprint density at radius 2 is 1.91 bits per heavy atom. The molecule has 0 bridgehead atoms. The Balaban J connectivity index is 1.92. The van der Waals surface area contributed by atoms with Crippen LogP contribution in [-0.2, 0) is 4.79 Å². The maximum Gasteiger partial charge on any atom is 0.270 e. The molecule has 0 spiro atoms. The molecular formula is C16H25N5O2. The highest BCUT2D eigenvalue weighted by Gasteiger charge is 2.20. The molecule has 1 fully saturated rings. The van der Waals surface area contributed by atoms with Crippen molar-refractivity contribution < 1.29 is 9.59 Å². The average molecular weight is 319 g/mol. The van der Waals surface area contributed by atoms with Crippen molar-refractivity contribution in [3.05, 3.63) is 18.1 Å². The Bertz CT molecular complexity index is 541. The molecule has 7 heteroatoms. The van der Waals surface area contributed by atoms with Crippen molar-refractivity contribution in [1.82, 2.24) is 20.2 Å². The normalized spacial score (nSPS) is 14.7. The molecule has 0 unspecified atom stereocenters. The molecule has 2 rings (SSSR count). The van der Waals surface area contributed by atoms with Crippen LogP contribution in [0.2, 0.25) is 0 Å². The second-order valence-electron chi connectivity index (χ2n) is 5.72. The highest BCUT2D eigenvalue weighted by Crippen LogP contribution is 2.14. The van der Waals surface area contributed by atoms with Crippen LogP contribution in [0.15, 0.2) is 12.4 Å². The maximum atomic E-state index is 12.1. The lowest BCUT2D eigenvalue weighted by molar-refractivity contribution is -0.129. The number of anilines is 1. The number of rotatable bonds is 6. The van der Waals surface area contributed by atoms with E-state index >= 15 is 0 Å². The van der Waals surface area contributed by atoms with E-state index in [1.54, 1.807) is 13.0 Å². The molecule has 2 amide bonds. The molecule has 1 saturated heterocycles. The average Bonchev–Trinajstić information content (AvgIpc) is 2.59. The fourth-order valence-corrected chi connectivity index (χ4v) is 2.56. The summed E-state index contributed by atoms with van der Waals surface area (Å²) in [5.74, 6) is 0.675. The summed E-state index contributed by atoms with van der Waals surface area (Å²) in [5.41, 5.74) is 0.389. The summed E-state index contributed by atoms with van der Waals surface area (Å²) in [6, 6.07) is 1.72. The zero-order valence-corrected chi connectivity index (χ0v) is 13.9. The molecule has 23 heavy (non-hydrogen) atoms. The SMILES string of the molecule is CCCCCNC(=O)c1cc(N2CCN(C(C)=O)CC2)ncn1. The van der Waals surface area contributed by atoms with Gasteiger partial charge in [0.2, 0.25) is 5.91 Å². The van der Waals surface area contributed by atoms with Gasteiger partial charge in [-0.15, -0.1) is 0 Å². The molecule has 1 aliphatic heterocycles. The number of unbranched alkanes of at least 4 members (excludes halogenated alkanes) is 2. The fraction of sp³-hybridized carbons (Fsp3) is 0.625. The lowest BCUT2D eigenvalue weighted by Gasteiger charge is -2.34. The maximum absolute atomic E-state index is 12.1. The lowest BCUT2D eigenvalue weighted by Crippen LogP contribution is -2.48. The summed E-state index contributed by atoms with van der Waals surface area (Å²) in [6.45, 7) is 7.17. The Morgan fingerprint density at radius 3 is 2.57 bits per heavy atom. The molecule has 0 atom stereocenters. The summed E-state index contributed by atoms with van der Waals surface area (Å²) >= 11 is 0. The van der Waals surface area contributed by atoms with Crippen LogP contribution < -0.4 is 10.2 Å². The standard InChI is InChI=1S/C16H25N5O2/c1-3-4-5-6-17-16(23)14-11-15(19-12-18-14)21-9-7-20(8-10-21)13(2)22/h11-12H,3-10H2,1-2H3,(H,17,23). The van der Waals surface area contributed by atoms with E-state index in [9.17, 15) is 9.59 Å². The van der Waals surface area contributed by atoms with Crippen LogP contribution in [0.5, 0.6) is 0 Å². The Hall–Kier alpha value is -2.18. The van der Waals surface area contributed by atoms with Crippen molar-refractivity contribution in [2.24, 2.45) is 0 Å². The van der Waals surface area contributed by atoms with Crippen LogP contribution in [0.1, 0.15) is 43.6 Å². The van der Waals surface area contributed by atoms with Gasteiger partial charge in [0.15, 0.2) is 0 Å². The molecule has 2 heterocycles. The molecule has 1 aromatic heterocycles. The van der Waals surface area contributed by atoms with Crippen LogP contribution >= 0.6 is 0 Å². The third-order valence-corrected chi connectivity index (χ3v) is 4.00. The summed E-state index contributed by atoms with van der Waals surface area (Å²) in [6.07, 6.45) is 4.64. The Labute approximate surface area is 137 Å². The van der Waals surface area contributed by atoms with Crippen LogP contribution in [0.4, 0.5) is 5.82 Å². The van der Waals surface area contributed by atoms with Gasteiger partial charge in [-0.3, -0.25) is 9.59 Å². The number of amides is 2. The highest BCUT2D eigenvalue weighted by molar-refractivity contribution is 5.92. The first-order chi connectivity index (χ1) is 11.1. The van der Waals surface area contributed by atoms with Crippen LogP contribution in [-0.4, -0.2) is 59.4 Å². The van der Waals surface area contributed by atoms with E-state index in [0.29, 0.717) is 38.4 Å². The van der Waals surface area contributed by atoms with Crippen molar-refractivity contribution in [2.75, 3.05) is 37.6 Å². The molecule has 0 aliphatic carbocycles. The first-order valence-electron chi connectivity index (χ1n) is 8.22. The minimum atomic E-state index is -0.160. The first-order valence-corrected chi connectivity index (χ1v) is 8.22. The minimum absolute atomic E-state index is 0.0967. The van der Waals surface area contributed by atoms with Crippen molar-refractivity contribution in [3.63, 3.8) is 0 Å². The number of hydrogen-bond acceptors (Lipinski definition) is 5. The van der Waals surface area contributed by atoms with Gasteiger partial charge in [-0.05, 0) is 6.42 Å². The Kier molecular flexibility index (Phi) is 6.31. The highest BCUT2D eigenvalue weighted by atomic mass is 16.2. The van der Waals surface area contributed by atoms with E-state index in [-0.39, 0.29) is 11.8 Å². The number of nitrogens with zero attached hydrogens (tertiary/aromatic N) is 4. The smallest absolute Gasteiger partial charge is 0.270 e. The van der Waals surface area contributed by atoms with Gasteiger partial charge in [0, 0.05) is 45.7 Å². The summed E-state index contributed by atoms with van der Waals surface area (Å²) in [7, 11) is 0. The molecule has 1 aliphatic rings. The molecule has 126 valence electrons. The lowest BCUT2D eigenvalue weighted by atomic mass is 10.2. The second kappa shape index (κ2) is 8.45. The van der Waals surface area contributed by atoms with Gasteiger partial charge in [0.25, 0.3) is 5.91 Å². The number of hydrogen-bond donors (Lipinski definition) is 1. The summed E-state index contributed by atoms with van der Waals surface area (Å²) in [4.78, 5) is 35.7. The van der Waals surface area contributed by atoms with Crippen molar-refractivity contribution >= 4 is 17.6 Å². The molecular weight excluding hydrogens is 294 g/mol. The first kappa shape index (κ1) is 17.2. The van der Waals surface area contributed by atoms with Gasteiger partial charge in [0.05, 0.1) is 0 Å². The van der Waals surface area contributed by atoms with Gasteiger partial charge in [-0.25, -0.2) is 9.97 Å². The summed E-state index contributed by atoms with van der Waals surface area (Å²) < 4.78 is 0. The molecule has 1 aromatic rings. The van der Waals surface area contributed by atoms with E-state index in [4.69, 9.17) is 0 Å². The summed E-state index contributed by atoms with van der Waals surface area (Å²) in [5, 5.41) is 2.89. The predicted molar refractivity (Wildman–Crippen MR) is 88.4 cm³/mol. The monoisotopic (exact) mass is 319 g/mol. The number of piperazine rings is 1. The van der Waals surface area contributed by atoms with E-state index < -0.39 is 0 Å². The van der Waals surface area contributed by atoms with Crippen LogP contribution in [0, 0.1) is 0 Å². The second-order valence-corrected chi connectivity index (χ2v) is 5.72. The largest absolute Gasteiger partial charge is 0.353 e. The number of nitrogens with one attached hydrogen (secondary N) is 1. The van der Waals surface area contributed by atoms with Crippen molar-refractivity contribution in [3.8, 4) is 0 Å². The van der Waals surface area contributed by atoms with Gasteiger partial charge < -0.3 is 15.1 Å². The van der Waals surface area contributed by atoms with Crippen LogP contribution in [0.3, 0.4) is 0 Å². The van der Waals surface area contributed by atoms with E-state index in [0.717, 1.165) is 25.1 Å². The van der Waals surface area contributed by atoms with Crippen molar-refractivity contribution in [2.45, 2.75) is 33.1 Å². The van der Waals surface area contributed by atoms with Crippen molar-refractivity contribution in [1.29, 1.82) is 0 Å². The molecule has 1 N–H and O–H groups in total. The van der Waals surface area contributed by atoms with Gasteiger partial charge >= 0.3 is 0 Å². The van der Waals surface area contributed by atoms with E-state index in [1.807, 2.05) is 4.90 Å². The number of carbonyl (C=O) groups is 2.